The van der Waals surface area contributed by atoms with Crippen LogP contribution in [0.1, 0.15) is 11.1 Å². The topological polar surface area (TPSA) is 107 Å². The number of hydrazone groups is 1. The second-order valence-corrected chi connectivity index (χ2v) is 9.69. The molecule has 0 atom stereocenters. The summed E-state index contributed by atoms with van der Waals surface area (Å²) in [6.07, 6.45) is 3.10. The number of aryl methyl sites for hydroxylation is 1. The fourth-order valence-corrected chi connectivity index (χ4v) is 4.72. The lowest BCUT2D eigenvalue weighted by Crippen LogP contribution is -2.39. The molecule has 0 saturated carbocycles. The minimum Gasteiger partial charge on any atom is -0.493 e. The summed E-state index contributed by atoms with van der Waals surface area (Å²) in [4.78, 5) is 12.7. The Hall–Kier alpha value is -4.31. The molecule has 0 saturated heterocycles. The number of carbonyl (C=O) groups is 1. The molecule has 0 aromatic heterocycles. The summed E-state index contributed by atoms with van der Waals surface area (Å²) in [7, 11) is -1.27. The molecular formula is C27H29N3O6S. The third-order valence-electron chi connectivity index (χ3n) is 5.20. The Morgan fingerprint density at radius 1 is 1.00 bits per heavy atom. The van der Waals surface area contributed by atoms with Crippen molar-refractivity contribution in [2.45, 2.75) is 11.8 Å². The van der Waals surface area contributed by atoms with Crippen molar-refractivity contribution in [1.29, 1.82) is 0 Å². The Morgan fingerprint density at radius 2 is 1.68 bits per heavy atom. The number of sulfonamides is 1. The van der Waals surface area contributed by atoms with Crippen LogP contribution in [0.15, 0.2) is 89.4 Å². The van der Waals surface area contributed by atoms with Crippen molar-refractivity contribution < 1.29 is 27.4 Å². The molecule has 0 radical (unpaired) electrons. The maximum absolute atomic E-state index is 13.6. The molecule has 3 rings (SSSR count). The molecule has 0 bridgehead atoms. The first kappa shape index (κ1) is 27.3. The molecule has 194 valence electrons. The van der Waals surface area contributed by atoms with Crippen LogP contribution in [0.3, 0.4) is 0 Å². The van der Waals surface area contributed by atoms with Crippen LogP contribution >= 0.6 is 0 Å². The van der Waals surface area contributed by atoms with Gasteiger partial charge in [-0.15, -0.1) is 0 Å². The number of amides is 1. The number of hydrogen-bond donors (Lipinski definition) is 1. The zero-order chi connectivity index (χ0) is 26.8. The molecule has 0 aliphatic carbocycles. The molecule has 3 aromatic carbocycles. The van der Waals surface area contributed by atoms with Gasteiger partial charge in [0, 0.05) is 6.07 Å². The van der Waals surface area contributed by atoms with Gasteiger partial charge in [-0.2, -0.15) is 5.10 Å². The largest absolute Gasteiger partial charge is 0.493 e. The van der Waals surface area contributed by atoms with Crippen molar-refractivity contribution >= 4 is 27.8 Å². The second kappa shape index (κ2) is 12.6. The number of methoxy groups -OCH3 is 2. The number of nitrogens with one attached hydrogen (secondary N) is 1. The number of nitrogens with zero attached hydrogens (tertiary/aromatic N) is 2. The quantitative estimate of drug-likeness (QED) is 0.219. The normalized spacial score (nSPS) is 11.1. The summed E-state index contributed by atoms with van der Waals surface area (Å²) in [5, 5.41) is 3.96. The molecule has 0 heterocycles. The number of benzene rings is 3. The fourth-order valence-electron chi connectivity index (χ4n) is 3.28. The monoisotopic (exact) mass is 523 g/mol. The Kier molecular flexibility index (Phi) is 9.28. The van der Waals surface area contributed by atoms with Crippen molar-refractivity contribution in [3.8, 4) is 17.2 Å². The fraction of sp³-hybridized carbons (Fsp3) is 0.185. The lowest BCUT2D eigenvalue weighted by molar-refractivity contribution is -0.119. The van der Waals surface area contributed by atoms with Gasteiger partial charge in [0.1, 0.15) is 18.9 Å². The van der Waals surface area contributed by atoms with Crippen molar-refractivity contribution in [2.75, 3.05) is 31.7 Å². The molecule has 0 aliphatic heterocycles. The Morgan fingerprint density at radius 3 is 2.30 bits per heavy atom. The number of rotatable bonds is 12. The van der Waals surface area contributed by atoms with Gasteiger partial charge in [-0.25, -0.2) is 13.8 Å². The first-order chi connectivity index (χ1) is 17.8. The number of carbonyl (C=O) groups excluding carboxylic acids is 1. The van der Waals surface area contributed by atoms with E-state index in [1.807, 2.05) is 6.92 Å². The number of anilines is 1. The van der Waals surface area contributed by atoms with E-state index in [0.29, 0.717) is 23.8 Å². The van der Waals surface area contributed by atoms with Crippen LogP contribution in [0.25, 0.3) is 0 Å². The SMILES string of the molecule is C=CCOc1ccc(/C=N\NC(=O)CN(c2ccc(C)cc2)S(=O)(=O)c2ccc(OC)c(OC)c2)cc1. The van der Waals surface area contributed by atoms with Crippen LogP contribution in [0.4, 0.5) is 5.69 Å². The van der Waals surface area contributed by atoms with Gasteiger partial charge >= 0.3 is 0 Å². The Bertz CT molecular complexity index is 1350. The highest BCUT2D eigenvalue weighted by molar-refractivity contribution is 7.92. The highest BCUT2D eigenvalue weighted by Crippen LogP contribution is 2.32. The van der Waals surface area contributed by atoms with Gasteiger partial charge in [0.05, 0.1) is 31.0 Å². The van der Waals surface area contributed by atoms with Crippen LogP contribution in [0.2, 0.25) is 0 Å². The van der Waals surface area contributed by atoms with Crippen molar-refractivity contribution in [1.82, 2.24) is 5.43 Å². The molecule has 1 N–H and O–H groups in total. The summed E-state index contributed by atoms with van der Waals surface area (Å²) in [5.74, 6) is 0.695. The minimum absolute atomic E-state index is 0.0548. The zero-order valence-electron chi connectivity index (χ0n) is 20.9. The summed E-state index contributed by atoms with van der Waals surface area (Å²) in [6, 6.07) is 18.1. The predicted octanol–water partition coefficient (Wildman–Crippen LogP) is 3.92. The van der Waals surface area contributed by atoms with Crippen molar-refractivity contribution in [3.63, 3.8) is 0 Å². The third kappa shape index (κ3) is 7.11. The molecule has 9 nitrogen and oxygen atoms in total. The van der Waals surface area contributed by atoms with E-state index in [9.17, 15) is 13.2 Å². The molecule has 3 aromatic rings. The van der Waals surface area contributed by atoms with Crippen LogP contribution in [-0.4, -0.2) is 47.9 Å². The van der Waals surface area contributed by atoms with E-state index in [2.05, 4.69) is 17.1 Å². The van der Waals surface area contributed by atoms with Gasteiger partial charge in [0.25, 0.3) is 15.9 Å². The maximum atomic E-state index is 13.6. The highest BCUT2D eigenvalue weighted by atomic mass is 32.2. The van der Waals surface area contributed by atoms with Gasteiger partial charge in [-0.05, 0) is 61.0 Å². The second-order valence-electron chi connectivity index (χ2n) is 7.83. The van der Waals surface area contributed by atoms with E-state index < -0.39 is 22.5 Å². The molecule has 0 unspecified atom stereocenters. The smallest absolute Gasteiger partial charge is 0.264 e. The summed E-state index contributed by atoms with van der Waals surface area (Å²) in [5.41, 5.74) is 4.39. The van der Waals surface area contributed by atoms with Crippen LogP contribution in [-0.2, 0) is 14.8 Å². The Balaban J connectivity index is 1.81. The lowest BCUT2D eigenvalue weighted by Gasteiger charge is -2.24. The summed E-state index contributed by atoms with van der Waals surface area (Å²) in [6.45, 7) is 5.39. The maximum Gasteiger partial charge on any atom is 0.264 e. The van der Waals surface area contributed by atoms with E-state index in [1.165, 1.54) is 38.6 Å². The predicted molar refractivity (Wildman–Crippen MR) is 143 cm³/mol. The van der Waals surface area contributed by atoms with E-state index in [-0.39, 0.29) is 10.6 Å². The van der Waals surface area contributed by atoms with Gasteiger partial charge in [-0.1, -0.05) is 30.4 Å². The van der Waals surface area contributed by atoms with Gasteiger partial charge < -0.3 is 14.2 Å². The van der Waals surface area contributed by atoms with Crippen LogP contribution in [0.5, 0.6) is 17.2 Å². The van der Waals surface area contributed by atoms with E-state index in [1.54, 1.807) is 54.6 Å². The van der Waals surface area contributed by atoms with E-state index >= 15 is 0 Å². The molecule has 10 heteroatoms. The van der Waals surface area contributed by atoms with Gasteiger partial charge in [0.2, 0.25) is 0 Å². The van der Waals surface area contributed by atoms with Gasteiger partial charge in [0.15, 0.2) is 11.5 Å². The number of hydrogen-bond acceptors (Lipinski definition) is 7. The molecular weight excluding hydrogens is 494 g/mol. The lowest BCUT2D eigenvalue weighted by atomic mass is 10.2. The highest BCUT2D eigenvalue weighted by Gasteiger charge is 2.28. The standard InChI is InChI=1S/C27H29N3O6S/c1-5-16-36-23-12-8-21(9-13-23)18-28-29-27(31)19-30(22-10-6-20(2)7-11-22)37(32,33)24-14-15-25(34-3)26(17-24)35-4/h5-15,17-18H,1,16,19H2,2-4H3,(H,29,31)/b28-18-. The zero-order valence-corrected chi connectivity index (χ0v) is 21.7. The molecule has 0 fully saturated rings. The van der Waals surface area contributed by atoms with Crippen LogP contribution < -0.4 is 23.9 Å². The minimum atomic E-state index is -4.15. The van der Waals surface area contributed by atoms with Crippen molar-refractivity contribution in [2.24, 2.45) is 5.10 Å². The summed E-state index contributed by atoms with van der Waals surface area (Å²) >= 11 is 0. The molecule has 0 spiro atoms. The van der Waals surface area contributed by atoms with Crippen LogP contribution in [0, 0.1) is 6.92 Å². The van der Waals surface area contributed by atoms with Crippen molar-refractivity contribution in [3.05, 3.63) is 90.5 Å². The summed E-state index contributed by atoms with van der Waals surface area (Å²) < 4.78 is 44.1. The van der Waals surface area contributed by atoms with E-state index in [4.69, 9.17) is 14.2 Å². The van der Waals surface area contributed by atoms with Gasteiger partial charge in [-0.3, -0.25) is 9.10 Å². The average Bonchev–Trinajstić information content (AvgIpc) is 2.91. The Labute approximate surface area is 217 Å². The molecule has 1 amide bonds. The molecule has 37 heavy (non-hydrogen) atoms. The van der Waals surface area contributed by atoms with E-state index in [0.717, 1.165) is 15.4 Å². The first-order valence-corrected chi connectivity index (χ1v) is 12.7. The first-order valence-electron chi connectivity index (χ1n) is 11.3. The number of ether oxygens (including phenoxy) is 3. The molecule has 0 aliphatic rings. The average molecular weight is 524 g/mol. The third-order valence-corrected chi connectivity index (χ3v) is 6.97.